The minimum Gasteiger partial charge on any atom is -0.492 e. The number of rotatable bonds is 5. The number of hydrogen-bond donors (Lipinski definition) is 0. The van der Waals surface area contributed by atoms with Gasteiger partial charge in [-0.25, -0.2) is 0 Å². The fraction of sp³-hybridized carbons (Fsp3) is 0.524. The standard InChI is InChI=1S/C19H27NO.C2H6/c1-6-7-10-21-17-8-9-18(20(5)13-17)19-15(3)11-14(2)12-16(19)4;1-2/h8-9,11-13,18H,6-7,10H2,1-5H3;1-2H3. The van der Waals surface area contributed by atoms with Crippen molar-refractivity contribution >= 4 is 0 Å². The minimum atomic E-state index is 0.295. The van der Waals surface area contributed by atoms with E-state index in [0.717, 1.165) is 25.2 Å². The van der Waals surface area contributed by atoms with E-state index in [1.54, 1.807) is 0 Å². The van der Waals surface area contributed by atoms with Crippen molar-refractivity contribution in [2.24, 2.45) is 0 Å². The molecule has 1 heterocycles. The molecule has 0 bridgehead atoms. The summed E-state index contributed by atoms with van der Waals surface area (Å²) in [5.74, 6) is 0.963. The lowest BCUT2D eigenvalue weighted by molar-refractivity contribution is 0.205. The van der Waals surface area contributed by atoms with Crippen LogP contribution in [0.25, 0.3) is 0 Å². The summed E-state index contributed by atoms with van der Waals surface area (Å²) in [6.45, 7) is 13.5. The quantitative estimate of drug-likeness (QED) is 0.633. The summed E-state index contributed by atoms with van der Waals surface area (Å²) in [4.78, 5) is 2.24. The predicted molar refractivity (Wildman–Crippen MR) is 101 cm³/mol. The summed E-state index contributed by atoms with van der Waals surface area (Å²) in [7, 11) is 2.12. The largest absolute Gasteiger partial charge is 0.492 e. The average Bonchev–Trinajstić information content (AvgIpc) is 2.50. The Morgan fingerprint density at radius 1 is 1.09 bits per heavy atom. The molecule has 1 unspecified atom stereocenters. The molecule has 1 aliphatic heterocycles. The Balaban J connectivity index is 0.00000127. The van der Waals surface area contributed by atoms with E-state index >= 15 is 0 Å². The Morgan fingerprint density at radius 3 is 2.22 bits per heavy atom. The second-order valence-electron chi connectivity index (χ2n) is 6.02. The Labute approximate surface area is 142 Å². The molecular weight excluding hydrogens is 282 g/mol. The topological polar surface area (TPSA) is 12.5 Å². The van der Waals surface area contributed by atoms with E-state index in [9.17, 15) is 0 Å². The normalized spacial score (nSPS) is 16.6. The van der Waals surface area contributed by atoms with Gasteiger partial charge in [-0.2, -0.15) is 0 Å². The lowest BCUT2D eigenvalue weighted by Gasteiger charge is -2.31. The number of aryl methyl sites for hydroxylation is 3. The number of ether oxygens (including phenoxy) is 1. The van der Waals surface area contributed by atoms with E-state index in [4.69, 9.17) is 4.74 Å². The smallest absolute Gasteiger partial charge is 0.134 e. The van der Waals surface area contributed by atoms with E-state index in [2.05, 4.69) is 70.1 Å². The molecule has 128 valence electrons. The lowest BCUT2D eigenvalue weighted by atomic mass is 9.92. The first-order valence-corrected chi connectivity index (χ1v) is 8.85. The minimum absolute atomic E-state index is 0.295. The maximum atomic E-state index is 5.79. The van der Waals surface area contributed by atoms with Crippen LogP contribution in [-0.4, -0.2) is 18.6 Å². The first kappa shape index (κ1) is 19.3. The van der Waals surface area contributed by atoms with Gasteiger partial charge in [-0.3, -0.25) is 0 Å². The van der Waals surface area contributed by atoms with Gasteiger partial charge in [0.1, 0.15) is 5.76 Å². The molecule has 1 aliphatic rings. The van der Waals surface area contributed by atoms with Gasteiger partial charge in [-0.15, -0.1) is 0 Å². The highest BCUT2D eigenvalue weighted by molar-refractivity contribution is 5.43. The monoisotopic (exact) mass is 315 g/mol. The Bertz CT molecular complexity index is 534. The molecule has 0 spiro atoms. The second kappa shape index (κ2) is 9.44. The van der Waals surface area contributed by atoms with E-state index in [0.29, 0.717) is 6.04 Å². The van der Waals surface area contributed by atoms with Crippen molar-refractivity contribution < 1.29 is 4.74 Å². The number of hydrogen-bond acceptors (Lipinski definition) is 2. The van der Waals surface area contributed by atoms with Crippen LogP contribution in [0.4, 0.5) is 0 Å². The van der Waals surface area contributed by atoms with E-state index < -0.39 is 0 Å². The molecule has 0 aliphatic carbocycles. The molecule has 0 saturated carbocycles. The molecule has 0 aromatic heterocycles. The highest BCUT2D eigenvalue weighted by atomic mass is 16.5. The fourth-order valence-corrected chi connectivity index (χ4v) is 3.02. The zero-order valence-corrected chi connectivity index (χ0v) is 15.9. The van der Waals surface area contributed by atoms with Crippen molar-refractivity contribution in [1.29, 1.82) is 0 Å². The maximum absolute atomic E-state index is 5.79. The summed E-state index contributed by atoms with van der Waals surface area (Å²) in [6, 6.07) is 4.83. The molecular formula is C21H33NO. The Hall–Kier alpha value is -1.70. The lowest BCUT2D eigenvalue weighted by Crippen LogP contribution is -2.22. The van der Waals surface area contributed by atoms with Gasteiger partial charge in [0, 0.05) is 13.2 Å². The highest BCUT2D eigenvalue weighted by Crippen LogP contribution is 2.31. The van der Waals surface area contributed by atoms with Crippen molar-refractivity contribution in [3.05, 3.63) is 58.5 Å². The van der Waals surface area contributed by atoms with E-state index in [1.165, 1.54) is 22.3 Å². The van der Waals surface area contributed by atoms with Gasteiger partial charge >= 0.3 is 0 Å². The van der Waals surface area contributed by atoms with Gasteiger partial charge in [0.2, 0.25) is 0 Å². The number of allylic oxidation sites excluding steroid dienone is 1. The number of unbranched alkanes of at least 4 members (excludes halogenated alkanes) is 1. The van der Waals surface area contributed by atoms with Crippen molar-refractivity contribution in [3.63, 3.8) is 0 Å². The van der Waals surface area contributed by atoms with Gasteiger partial charge in [0.15, 0.2) is 0 Å². The third-order valence-corrected chi connectivity index (χ3v) is 4.01. The molecule has 23 heavy (non-hydrogen) atoms. The average molecular weight is 316 g/mol. The van der Waals surface area contributed by atoms with Crippen molar-refractivity contribution in [3.8, 4) is 0 Å². The number of nitrogens with zero attached hydrogens (tertiary/aromatic N) is 1. The second-order valence-corrected chi connectivity index (χ2v) is 6.02. The molecule has 0 N–H and O–H groups in total. The first-order chi connectivity index (χ1) is 11.0. The molecule has 1 aromatic carbocycles. The zero-order valence-electron chi connectivity index (χ0n) is 15.9. The van der Waals surface area contributed by atoms with Gasteiger partial charge in [0.05, 0.1) is 12.6 Å². The SMILES string of the molecule is CC.CCCCOC1=CN(C)C(c2c(C)cc(C)cc2C)C=C1. The summed E-state index contributed by atoms with van der Waals surface area (Å²) in [5.41, 5.74) is 5.45. The molecule has 0 radical (unpaired) electrons. The van der Waals surface area contributed by atoms with Crippen LogP contribution in [-0.2, 0) is 4.74 Å². The van der Waals surface area contributed by atoms with Crippen LogP contribution < -0.4 is 0 Å². The molecule has 0 amide bonds. The summed E-state index contributed by atoms with van der Waals surface area (Å²) >= 11 is 0. The highest BCUT2D eigenvalue weighted by Gasteiger charge is 2.20. The van der Waals surface area contributed by atoms with Gasteiger partial charge in [-0.1, -0.05) is 51.0 Å². The van der Waals surface area contributed by atoms with E-state index in [1.807, 2.05) is 13.8 Å². The molecule has 1 atom stereocenters. The molecule has 1 aromatic rings. The van der Waals surface area contributed by atoms with Crippen LogP contribution in [0.15, 0.2) is 36.2 Å². The van der Waals surface area contributed by atoms with Gasteiger partial charge in [0.25, 0.3) is 0 Å². The third kappa shape index (κ3) is 5.16. The van der Waals surface area contributed by atoms with Crippen molar-refractivity contribution in [2.45, 2.75) is 60.4 Å². The zero-order chi connectivity index (χ0) is 17.4. The predicted octanol–water partition coefficient (Wildman–Crippen LogP) is 5.84. The first-order valence-electron chi connectivity index (χ1n) is 8.85. The number of likely N-dealkylation sites (N-methyl/N-ethyl adjacent to an activating group) is 1. The summed E-state index contributed by atoms with van der Waals surface area (Å²) in [5, 5.41) is 0. The van der Waals surface area contributed by atoms with Gasteiger partial charge < -0.3 is 9.64 Å². The Morgan fingerprint density at radius 2 is 1.70 bits per heavy atom. The molecule has 0 fully saturated rings. The van der Waals surface area contributed by atoms with Crippen LogP contribution in [0.3, 0.4) is 0 Å². The summed E-state index contributed by atoms with van der Waals surface area (Å²) in [6.07, 6.45) is 8.73. The van der Waals surface area contributed by atoms with Crippen LogP contribution in [0, 0.1) is 20.8 Å². The van der Waals surface area contributed by atoms with Crippen molar-refractivity contribution in [2.75, 3.05) is 13.7 Å². The molecule has 2 nitrogen and oxygen atoms in total. The third-order valence-electron chi connectivity index (χ3n) is 4.01. The van der Waals surface area contributed by atoms with Crippen LogP contribution in [0.1, 0.15) is 61.9 Å². The maximum Gasteiger partial charge on any atom is 0.134 e. The van der Waals surface area contributed by atoms with Gasteiger partial charge in [-0.05, 0) is 50.0 Å². The molecule has 2 heteroatoms. The van der Waals surface area contributed by atoms with E-state index in [-0.39, 0.29) is 0 Å². The molecule has 2 rings (SSSR count). The fourth-order valence-electron chi connectivity index (χ4n) is 3.02. The van der Waals surface area contributed by atoms with Crippen molar-refractivity contribution in [1.82, 2.24) is 4.90 Å². The summed E-state index contributed by atoms with van der Waals surface area (Å²) < 4.78 is 5.79. The van der Waals surface area contributed by atoms with Crippen LogP contribution in [0.5, 0.6) is 0 Å². The Kier molecular flexibility index (Phi) is 7.94. The van der Waals surface area contributed by atoms with Crippen LogP contribution in [0.2, 0.25) is 0 Å². The van der Waals surface area contributed by atoms with Crippen LogP contribution >= 0.6 is 0 Å². The molecule has 0 saturated heterocycles. The number of benzene rings is 1.